The minimum absolute atomic E-state index is 0.206. The first kappa shape index (κ1) is 8.47. The molecule has 0 aromatic carbocycles. The largest absolute Gasteiger partial charge is 0.354 e. The fourth-order valence-corrected chi connectivity index (χ4v) is 2.45. The third-order valence-corrected chi connectivity index (χ3v) is 3.38. The van der Waals surface area contributed by atoms with E-state index in [1.807, 2.05) is 5.38 Å². The molecule has 12 heavy (non-hydrogen) atoms. The monoisotopic (exact) mass is 247 g/mol. The first-order valence-corrected chi connectivity index (χ1v) is 5.45. The lowest BCUT2D eigenvalue weighted by Gasteiger charge is -2.39. The molecule has 66 valence electrons. The molecule has 0 spiro atoms. The first-order chi connectivity index (χ1) is 5.68. The zero-order chi connectivity index (χ0) is 8.60. The van der Waals surface area contributed by atoms with E-state index in [1.165, 1.54) is 0 Å². The molecule has 1 fully saturated rings. The molecule has 2 heterocycles. The number of nitrogens with one attached hydrogen (secondary N) is 2. The van der Waals surface area contributed by atoms with Gasteiger partial charge in [-0.1, -0.05) is 0 Å². The van der Waals surface area contributed by atoms with Crippen molar-refractivity contribution in [2.24, 2.45) is 0 Å². The van der Waals surface area contributed by atoms with Crippen molar-refractivity contribution in [3.8, 4) is 0 Å². The van der Waals surface area contributed by atoms with Crippen molar-refractivity contribution in [2.45, 2.75) is 12.5 Å². The molecule has 0 amide bonds. The van der Waals surface area contributed by atoms with Gasteiger partial charge in [0.05, 0.1) is 5.54 Å². The highest BCUT2D eigenvalue weighted by atomic mass is 79.9. The lowest BCUT2D eigenvalue weighted by Crippen LogP contribution is -2.62. The highest BCUT2D eigenvalue weighted by Gasteiger charge is 2.31. The van der Waals surface area contributed by atoms with Crippen LogP contribution in [0.15, 0.2) is 9.98 Å². The van der Waals surface area contributed by atoms with E-state index in [2.05, 4.69) is 38.5 Å². The summed E-state index contributed by atoms with van der Waals surface area (Å²) < 4.78 is 0.908. The summed E-state index contributed by atoms with van der Waals surface area (Å²) in [7, 11) is 0. The van der Waals surface area contributed by atoms with Gasteiger partial charge in [-0.25, -0.2) is 4.98 Å². The van der Waals surface area contributed by atoms with Crippen LogP contribution in [0.3, 0.4) is 0 Å². The van der Waals surface area contributed by atoms with Crippen LogP contribution in [0.2, 0.25) is 0 Å². The third kappa shape index (κ3) is 1.62. The number of halogens is 1. The summed E-state index contributed by atoms with van der Waals surface area (Å²) in [5, 5.41) is 9.60. The summed E-state index contributed by atoms with van der Waals surface area (Å²) in [6.45, 7) is 4.23. The molecular formula is C7H10BrN3S. The Morgan fingerprint density at radius 1 is 1.75 bits per heavy atom. The van der Waals surface area contributed by atoms with Gasteiger partial charge in [-0.3, -0.25) is 0 Å². The normalized spacial score (nSPS) is 20.2. The summed E-state index contributed by atoms with van der Waals surface area (Å²) in [6, 6.07) is 0. The van der Waals surface area contributed by atoms with Crippen LogP contribution in [0.1, 0.15) is 6.92 Å². The van der Waals surface area contributed by atoms with Crippen molar-refractivity contribution in [1.29, 1.82) is 0 Å². The second-order valence-corrected chi connectivity index (χ2v) is 4.94. The van der Waals surface area contributed by atoms with Crippen molar-refractivity contribution in [2.75, 3.05) is 18.4 Å². The van der Waals surface area contributed by atoms with Gasteiger partial charge in [-0.2, -0.15) is 0 Å². The van der Waals surface area contributed by atoms with Gasteiger partial charge < -0.3 is 10.6 Å². The summed E-state index contributed by atoms with van der Waals surface area (Å²) in [5.41, 5.74) is 0.206. The Labute approximate surface area is 83.7 Å². The molecule has 2 rings (SSSR count). The van der Waals surface area contributed by atoms with Gasteiger partial charge >= 0.3 is 0 Å². The van der Waals surface area contributed by atoms with Crippen molar-refractivity contribution < 1.29 is 0 Å². The van der Waals surface area contributed by atoms with Crippen LogP contribution in [0.4, 0.5) is 5.13 Å². The highest BCUT2D eigenvalue weighted by molar-refractivity contribution is 9.10. The van der Waals surface area contributed by atoms with E-state index in [4.69, 9.17) is 0 Å². The highest BCUT2D eigenvalue weighted by Crippen LogP contribution is 2.24. The van der Waals surface area contributed by atoms with Gasteiger partial charge in [0.2, 0.25) is 0 Å². The Morgan fingerprint density at radius 2 is 2.50 bits per heavy atom. The molecule has 1 aliphatic rings. The topological polar surface area (TPSA) is 37.0 Å². The van der Waals surface area contributed by atoms with E-state index >= 15 is 0 Å². The van der Waals surface area contributed by atoms with Crippen molar-refractivity contribution in [3.05, 3.63) is 9.98 Å². The second kappa shape index (κ2) is 2.97. The van der Waals surface area contributed by atoms with Crippen molar-refractivity contribution in [3.63, 3.8) is 0 Å². The van der Waals surface area contributed by atoms with E-state index in [-0.39, 0.29) is 5.54 Å². The lowest BCUT2D eigenvalue weighted by molar-refractivity contribution is 0.338. The number of hydrogen-bond donors (Lipinski definition) is 2. The van der Waals surface area contributed by atoms with Crippen LogP contribution in [0, 0.1) is 0 Å². The molecule has 0 unspecified atom stereocenters. The molecule has 1 aromatic heterocycles. The van der Waals surface area contributed by atoms with Crippen LogP contribution in [-0.2, 0) is 0 Å². The predicted molar refractivity (Wildman–Crippen MR) is 54.7 cm³/mol. The van der Waals surface area contributed by atoms with Gasteiger partial charge in [-0.15, -0.1) is 11.3 Å². The Hall–Kier alpha value is -0.130. The van der Waals surface area contributed by atoms with Crippen LogP contribution < -0.4 is 10.6 Å². The number of aromatic nitrogens is 1. The third-order valence-electron chi connectivity index (χ3n) is 1.92. The quantitative estimate of drug-likeness (QED) is 0.836. The van der Waals surface area contributed by atoms with Crippen molar-refractivity contribution in [1.82, 2.24) is 10.3 Å². The van der Waals surface area contributed by atoms with E-state index in [1.54, 1.807) is 11.3 Å². The zero-order valence-corrected chi connectivity index (χ0v) is 9.13. The average molecular weight is 248 g/mol. The van der Waals surface area contributed by atoms with Crippen LogP contribution in [-0.4, -0.2) is 23.6 Å². The smallest absolute Gasteiger partial charge is 0.184 e. The molecule has 0 radical (unpaired) electrons. The van der Waals surface area contributed by atoms with Gasteiger partial charge in [0.15, 0.2) is 5.13 Å². The van der Waals surface area contributed by atoms with Gasteiger partial charge in [-0.05, 0) is 22.9 Å². The number of hydrogen-bond acceptors (Lipinski definition) is 4. The minimum Gasteiger partial charge on any atom is -0.354 e. The molecule has 2 N–H and O–H groups in total. The Bertz CT molecular complexity index is 282. The standard InChI is InChI=1S/C7H10BrN3S/c1-7(3-9-4-7)11-6-10-5(8)2-12-6/h2,9H,3-4H2,1H3,(H,10,11). The molecule has 0 aliphatic carbocycles. The van der Waals surface area contributed by atoms with Crippen LogP contribution >= 0.6 is 27.3 Å². The maximum absolute atomic E-state index is 4.27. The molecule has 0 atom stereocenters. The van der Waals surface area contributed by atoms with Gasteiger partial charge in [0.25, 0.3) is 0 Å². The van der Waals surface area contributed by atoms with E-state index in [0.29, 0.717) is 0 Å². The Kier molecular flexibility index (Phi) is 2.10. The van der Waals surface area contributed by atoms with Crippen molar-refractivity contribution >= 4 is 32.4 Å². The Morgan fingerprint density at radius 3 is 2.92 bits per heavy atom. The fourth-order valence-electron chi connectivity index (χ4n) is 1.16. The average Bonchev–Trinajstić information content (AvgIpc) is 2.32. The number of thiazole rings is 1. The molecule has 1 aliphatic heterocycles. The lowest BCUT2D eigenvalue weighted by atomic mass is 9.96. The summed E-state index contributed by atoms with van der Waals surface area (Å²) in [4.78, 5) is 4.27. The van der Waals surface area contributed by atoms with Gasteiger partial charge in [0, 0.05) is 18.5 Å². The zero-order valence-electron chi connectivity index (χ0n) is 6.72. The predicted octanol–water partition coefficient (Wildman–Crippen LogP) is 1.68. The summed E-state index contributed by atoms with van der Waals surface area (Å²) in [5.74, 6) is 0. The fraction of sp³-hybridized carbons (Fsp3) is 0.571. The SMILES string of the molecule is CC1(Nc2nc(Br)cs2)CNC1. The molecule has 1 aromatic rings. The molecular weight excluding hydrogens is 238 g/mol. The summed E-state index contributed by atoms with van der Waals surface area (Å²) >= 11 is 4.95. The Balaban J connectivity index is 2.03. The molecule has 0 bridgehead atoms. The molecule has 1 saturated heterocycles. The maximum atomic E-state index is 4.27. The maximum Gasteiger partial charge on any atom is 0.184 e. The number of rotatable bonds is 2. The first-order valence-electron chi connectivity index (χ1n) is 3.78. The van der Waals surface area contributed by atoms with Gasteiger partial charge in [0.1, 0.15) is 4.60 Å². The molecule has 5 heteroatoms. The summed E-state index contributed by atoms with van der Waals surface area (Å²) in [6.07, 6.45) is 0. The number of nitrogens with zero attached hydrogens (tertiary/aromatic N) is 1. The number of anilines is 1. The van der Waals surface area contributed by atoms with E-state index in [0.717, 1.165) is 22.8 Å². The van der Waals surface area contributed by atoms with Crippen LogP contribution in [0.5, 0.6) is 0 Å². The van der Waals surface area contributed by atoms with Crippen LogP contribution in [0.25, 0.3) is 0 Å². The second-order valence-electron chi connectivity index (χ2n) is 3.26. The molecule has 3 nitrogen and oxygen atoms in total. The van der Waals surface area contributed by atoms with E-state index in [9.17, 15) is 0 Å². The van der Waals surface area contributed by atoms with E-state index < -0.39 is 0 Å². The minimum atomic E-state index is 0.206. The molecule has 0 saturated carbocycles.